The molecule has 0 radical (unpaired) electrons. The molecule has 1 aromatic carbocycles. The molecule has 0 unspecified atom stereocenters. The highest BCUT2D eigenvalue weighted by Crippen LogP contribution is 2.31. The summed E-state index contributed by atoms with van der Waals surface area (Å²) >= 11 is 0. The van der Waals surface area contributed by atoms with E-state index in [0.717, 1.165) is 37.2 Å². The van der Waals surface area contributed by atoms with Crippen LogP contribution < -0.4 is 9.47 Å². The van der Waals surface area contributed by atoms with Gasteiger partial charge in [-0.1, -0.05) is 0 Å². The Labute approximate surface area is 149 Å². The maximum absolute atomic E-state index is 10.8. The summed E-state index contributed by atoms with van der Waals surface area (Å²) in [6, 6.07) is 5.93. The zero-order valence-corrected chi connectivity index (χ0v) is 15.2. The number of nitrogens with zero attached hydrogens (tertiary/aromatic N) is 3. The lowest BCUT2D eigenvalue weighted by molar-refractivity contribution is 0.0982. The molecule has 0 spiro atoms. The van der Waals surface area contributed by atoms with E-state index >= 15 is 0 Å². The molecule has 6 nitrogen and oxygen atoms in total. The van der Waals surface area contributed by atoms with E-state index in [1.165, 1.54) is 5.56 Å². The predicted molar refractivity (Wildman–Crippen MR) is 96.1 cm³/mol. The first-order valence-electron chi connectivity index (χ1n) is 8.74. The number of hydrogen-bond acceptors (Lipinski definition) is 5. The number of likely N-dealkylation sites (tertiary alicyclic amines) is 1. The van der Waals surface area contributed by atoms with Crippen molar-refractivity contribution in [2.45, 2.75) is 38.5 Å². The summed E-state index contributed by atoms with van der Waals surface area (Å²) in [5, 5.41) is 15.2. The summed E-state index contributed by atoms with van der Waals surface area (Å²) in [7, 11) is 3.25. The van der Waals surface area contributed by atoms with Crippen molar-refractivity contribution in [1.82, 2.24) is 14.7 Å². The van der Waals surface area contributed by atoms with Crippen LogP contribution in [-0.4, -0.2) is 53.1 Å². The highest BCUT2D eigenvalue weighted by Gasteiger charge is 2.28. The summed E-state index contributed by atoms with van der Waals surface area (Å²) in [6.45, 7) is 4.48. The van der Waals surface area contributed by atoms with E-state index in [1.807, 2.05) is 29.1 Å². The number of aliphatic hydroxyl groups is 1. The van der Waals surface area contributed by atoms with Crippen LogP contribution >= 0.6 is 0 Å². The van der Waals surface area contributed by atoms with Gasteiger partial charge < -0.3 is 14.6 Å². The molecule has 2 heterocycles. The van der Waals surface area contributed by atoms with E-state index in [9.17, 15) is 5.11 Å². The molecule has 1 saturated heterocycles. The van der Waals surface area contributed by atoms with Gasteiger partial charge in [-0.25, -0.2) is 0 Å². The van der Waals surface area contributed by atoms with Crippen molar-refractivity contribution in [3.05, 3.63) is 41.7 Å². The van der Waals surface area contributed by atoms with Crippen molar-refractivity contribution in [2.75, 3.05) is 27.3 Å². The third kappa shape index (κ3) is 4.14. The average Bonchev–Trinajstić information content (AvgIpc) is 3.23. The largest absolute Gasteiger partial charge is 0.497 e. The first kappa shape index (κ1) is 17.8. The SMILES string of the molecule is COc1ccc(OC)c([C@@H](O)CN2CCC[C@@H]2Cn2cc(C)cn2)c1. The van der Waals surface area contributed by atoms with E-state index in [4.69, 9.17) is 9.47 Å². The summed E-state index contributed by atoms with van der Waals surface area (Å²) in [4.78, 5) is 2.35. The fraction of sp³-hybridized carbons (Fsp3) is 0.526. The molecule has 1 aliphatic heterocycles. The van der Waals surface area contributed by atoms with Gasteiger partial charge in [-0.15, -0.1) is 0 Å². The van der Waals surface area contributed by atoms with Gasteiger partial charge in [-0.3, -0.25) is 9.58 Å². The summed E-state index contributed by atoms with van der Waals surface area (Å²) in [6.07, 6.45) is 5.60. The fourth-order valence-corrected chi connectivity index (χ4v) is 3.55. The molecule has 0 saturated carbocycles. The topological polar surface area (TPSA) is 59.8 Å². The third-order valence-corrected chi connectivity index (χ3v) is 4.86. The van der Waals surface area contributed by atoms with Crippen LogP contribution in [0.2, 0.25) is 0 Å². The minimum atomic E-state index is -0.620. The molecule has 6 heteroatoms. The van der Waals surface area contributed by atoms with Crippen LogP contribution in [0, 0.1) is 6.92 Å². The van der Waals surface area contributed by atoms with Crippen LogP contribution in [-0.2, 0) is 6.54 Å². The molecule has 0 amide bonds. The number of hydrogen-bond donors (Lipinski definition) is 1. The highest BCUT2D eigenvalue weighted by molar-refractivity contribution is 5.41. The van der Waals surface area contributed by atoms with Crippen LogP contribution in [0.5, 0.6) is 11.5 Å². The van der Waals surface area contributed by atoms with Gasteiger partial charge >= 0.3 is 0 Å². The Morgan fingerprint density at radius 1 is 1.32 bits per heavy atom. The number of rotatable bonds is 7. The second-order valence-electron chi connectivity index (χ2n) is 6.65. The Bertz CT molecular complexity index is 701. The third-order valence-electron chi connectivity index (χ3n) is 4.86. The molecular formula is C19H27N3O3. The van der Waals surface area contributed by atoms with Gasteiger partial charge in [0.2, 0.25) is 0 Å². The molecule has 25 heavy (non-hydrogen) atoms. The molecule has 1 aromatic heterocycles. The van der Waals surface area contributed by atoms with Crippen molar-refractivity contribution in [3.63, 3.8) is 0 Å². The molecule has 1 N–H and O–H groups in total. The maximum Gasteiger partial charge on any atom is 0.124 e. The average molecular weight is 345 g/mol. The first-order valence-corrected chi connectivity index (χ1v) is 8.74. The Morgan fingerprint density at radius 2 is 2.16 bits per heavy atom. The Morgan fingerprint density at radius 3 is 2.84 bits per heavy atom. The van der Waals surface area contributed by atoms with E-state index in [0.29, 0.717) is 18.3 Å². The van der Waals surface area contributed by atoms with Gasteiger partial charge in [0.15, 0.2) is 0 Å². The van der Waals surface area contributed by atoms with Gasteiger partial charge in [0, 0.05) is 24.3 Å². The van der Waals surface area contributed by atoms with E-state index in [1.54, 1.807) is 14.2 Å². The molecule has 1 fully saturated rings. The van der Waals surface area contributed by atoms with Gasteiger partial charge in [0.25, 0.3) is 0 Å². The summed E-state index contributed by atoms with van der Waals surface area (Å²) in [5.41, 5.74) is 1.94. The number of methoxy groups -OCH3 is 2. The van der Waals surface area contributed by atoms with Gasteiger partial charge in [-0.05, 0) is 50.1 Å². The zero-order chi connectivity index (χ0) is 17.8. The van der Waals surface area contributed by atoms with Gasteiger partial charge in [0.05, 0.1) is 33.1 Å². The second kappa shape index (κ2) is 7.89. The zero-order valence-electron chi connectivity index (χ0n) is 15.2. The number of aromatic nitrogens is 2. The monoisotopic (exact) mass is 345 g/mol. The summed E-state index contributed by atoms with van der Waals surface area (Å²) in [5.74, 6) is 1.41. The van der Waals surface area contributed by atoms with Crippen molar-refractivity contribution in [1.29, 1.82) is 0 Å². The molecule has 136 valence electrons. The lowest BCUT2D eigenvalue weighted by Crippen LogP contribution is -2.36. The molecule has 0 bridgehead atoms. The van der Waals surface area contributed by atoms with E-state index in [-0.39, 0.29) is 0 Å². The van der Waals surface area contributed by atoms with Crippen LogP contribution in [0.1, 0.15) is 30.1 Å². The van der Waals surface area contributed by atoms with Crippen molar-refractivity contribution in [2.24, 2.45) is 0 Å². The maximum atomic E-state index is 10.8. The van der Waals surface area contributed by atoms with Crippen LogP contribution in [0.15, 0.2) is 30.6 Å². The second-order valence-corrected chi connectivity index (χ2v) is 6.65. The molecule has 2 atom stereocenters. The number of β-amino-alcohol motifs (C(OH)–C–C–N with tert-alkyl or cyclic N) is 1. The number of benzene rings is 1. The van der Waals surface area contributed by atoms with Crippen molar-refractivity contribution >= 4 is 0 Å². The van der Waals surface area contributed by atoms with Crippen LogP contribution in [0.25, 0.3) is 0 Å². The van der Waals surface area contributed by atoms with Gasteiger partial charge in [0.1, 0.15) is 11.5 Å². The molecule has 3 rings (SSSR count). The van der Waals surface area contributed by atoms with Gasteiger partial charge in [-0.2, -0.15) is 5.10 Å². The number of aliphatic hydroxyl groups excluding tert-OH is 1. The van der Waals surface area contributed by atoms with Crippen molar-refractivity contribution < 1.29 is 14.6 Å². The van der Waals surface area contributed by atoms with E-state index < -0.39 is 6.10 Å². The number of aryl methyl sites for hydroxylation is 1. The fourth-order valence-electron chi connectivity index (χ4n) is 3.55. The van der Waals surface area contributed by atoms with E-state index in [2.05, 4.69) is 23.1 Å². The van der Waals surface area contributed by atoms with Crippen LogP contribution in [0.4, 0.5) is 0 Å². The molecule has 0 aliphatic carbocycles. The molecule has 1 aliphatic rings. The molecular weight excluding hydrogens is 318 g/mol. The smallest absolute Gasteiger partial charge is 0.124 e. The number of ether oxygens (including phenoxy) is 2. The Balaban J connectivity index is 1.70. The van der Waals surface area contributed by atoms with Crippen LogP contribution in [0.3, 0.4) is 0 Å². The predicted octanol–water partition coefficient (Wildman–Crippen LogP) is 2.41. The Hall–Kier alpha value is -2.05. The normalized spacial score (nSPS) is 19.1. The minimum absolute atomic E-state index is 0.394. The standard InChI is InChI=1S/C19H27N3O3/c1-14-10-20-22(11-14)12-15-5-4-8-21(15)13-18(23)17-9-16(24-2)6-7-19(17)25-3/h6-7,9-11,15,18,23H,4-5,8,12-13H2,1-3H3/t15-,18+/m1/s1. The summed E-state index contributed by atoms with van der Waals surface area (Å²) < 4.78 is 12.7. The molecule has 2 aromatic rings. The minimum Gasteiger partial charge on any atom is -0.497 e. The lowest BCUT2D eigenvalue weighted by Gasteiger charge is -2.27. The quantitative estimate of drug-likeness (QED) is 0.835. The van der Waals surface area contributed by atoms with Crippen molar-refractivity contribution in [3.8, 4) is 11.5 Å². The lowest BCUT2D eigenvalue weighted by atomic mass is 10.1. The first-order chi connectivity index (χ1) is 12.1. The Kier molecular flexibility index (Phi) is 5.60. The highest BCUT2D eigenvalue weighted by atomic mass is 16.5.